The lowest BCUT2D eigenvalue weighted by atomic mass is 10.1. The lowest BCUT2D eigenvalue weighted by molar-refractivity contribution is -0.149. The van der Waals surface area contributed by atoms with E-state index < -0.39 is 38.6 Å². The Morgan fingerprint density at radius 3 is 2.27 bits per heavy atom. The van der Waals surface area contributed by atoms with Crippen molar-refractivity contribution in [3.63, 3.8) is 0 Å². The normalized spacial score (nSPS) is 14.7. The number of hydrogen-bond acceptors (Lipinski definition) is 6. The van der Waals surface area contributed by atoms with Crippen molar-refractivity contribution in [2.75, 3.05) is 0 Å². The zero-order valence-electron chi connectivity index (χ0n) is 18.6. The first-order chi connectivity index (χ1) is 13.9. The smallest absolute Gasteiger partial charge is 0.408 e. The van der Waals surface area contributed by atoms with E-state index >= 15 is 0 Å². The molecule has 0 aliphatic rings. The van der Waals surface area contributed by atoms with Gasteiger partial charge in [0.25, 0.3) is 0 Å². The van der Waals surface area contributed by atoms with Crippen LogP contribution in [-0.4, -0.2) is 44.9 Å². The lowest BCUT2D eigenvalue weighted by Gasteiger charge is -2.42. The lowest BCUT2D eigenvalue weighted by Crippen LogP contribution is -2.57. The van der Waals surface area contributed by atoms with E-state index in [4.69, 9.17) is 13.9 Å². The second-order valence-electron chi connectivity index (χ2n) is 8.52. The average Bonchev–Trinajstić information content (AvgIpc) is 2.67. The van der Waals surface area contributed by atoms with Gasteiger partial charge < -0.3 is 24.0 Å². The van der Waals surface area contributed by atoms with Gasteiger partial charge in [0.05, 0.1) is 0 Å². The number of benzene rings is 1. The number of aldehydes is 1. The summed E-state index contributed by atoms with van der Waals surface area (Å²) in [5.74, 6) is -0.542. The van der Waals surface area contributed by atoms with Crippen LogP contribution in [0.25, 0.3) is 0 Å². The van der Waals surface area contributed by atoms with Gasteiger partial charge in [-0.25, -0.2) is 4.79 Å². The van der Waals surface area contributed by atoms with E-state index in [1.807, 2.05) is 64.2 Å². The minimum atomic E-state index is -2.39. The molecule has 1 rings (SSSR count). The molecule has 0 aliphatic carbocycles. The summed E-state index contributed by atoms with van der Waals surface area (Å²) in [5.41, 5.74) is 0.813. The maximum absolute atomic E-state index is 12.3. The molecule has 0 unspecified atom stereocenters. The first-order valence-electron chi connectivity index (χ1n) is 9.81. The number of ether oxygens (including phenoxy) is 2. The molecule has 0 spiro atoms. The van der Waals surface area contributed by atoms with Crippen LogP contribution in [-0.2, 0) is 30.1 Å². The molecule has 0 radical (unpaired) electrons. The quantitative estimate of drug-likeness (QED) is 0.259. The van der Waals surface area contributed by atoms with E-state index in [0.717, 1.165) is 5.56 Å². The van der Waals surface area contributed by atoms with Gasteiger partial charge in [-0.1, -0.05) is 57.7 Å². The van der Waals surface area contributed by atoms with Crippen molar-refractivity contribution in [3.05, 3.63) is 48.6 Å². The standard InChI is InChI=1S/C22H33NO6Si/c1-8-19(28-16(2)25)20(29-30(6,7)22(3,4)5)18(14-24)23-21(26)27-15-17-12-10-9-11-13-17/h8-14,18-20H,1,15H2,2-7H3,(H,23,26)/t18-,19+,20+/m0/s1. The maximum Gasteiger partial charge on any atom is 0.408 e. The number of carbonyl (C=O) groups excluding carboxylic acids is 3. The second kappa shape index (κ2) is 11.1. The molecule has 0 fully saturated rings. The minimum Gasteiger partial charge on any atom is -0.455 e. The van der Waals surface area contributed by atoms with E-state index in [-0.39, 0.29) is 11.6 Å². The van der Waals surface area contributed by atoms with Crippen molar-refractivity contribution in [1.82, 2.24) is 5.32 Å². The highest BCUT2D eigenvalue weighted by molar-refractivity contribution is 6.74. The summed E-state index contributed by atoms with van der Waals surface area (Å²) < 4.78 is 16.9. The zero-order chi connectivity index (χ0) is 22.9. The highest BCUT2D eigenvalue weighted by Gasteiger charge is 2.44. The number of alkyl carbamates (subject to hydrolysis) is 1. The molecule has 3 atom stereocenters. The van der Waals surface area contributed by atoms with Gasteiger partial charge in [0.2, 0.25) is 0 Å². The molecule has 0 saturated carbocycles. The van der Waals surface area contributed by atoms with Crippen LogP contribution in [0.15, 0.2) is 43.0 Å². The third-order valence-corrected chi connectivity index (χ3v) is 9.57. The molecular formula is C22H33NO6Si. The summed E-state index contributed by atoms with van der Waals surface area (Å²) in [7, 11) is -2.39. The van der Waals surface area contributed by atoms with E-state index in [2.05, 4.69) is 11.9 Å². The average molecular weight is 436 g/mol. The molecule has 0 aliphatic heterocycles. The fraction of sp³-hybridized carbons (Fsp3) is 0.500. The Bertz CT molecular complexity index is 729. The third kappa shape index (κ3) is 7.76. The minimum absolute atomic E-state index is 0.0564. The molecule has 8 heteroatoms. The Morgan fingerprint density at radius 2 is 1.80 bits per heavy atom. The van der Waals surface area contributed by atoms with Crippen LogP contribution in [0, 0.1) is 0 Å². The van der Waals surface area contributed by atoms with Crippen molar-refractivity contribution in [2.24, 2.45) is 0 Å². The molecule has 0 aromatic heterocycles. The Balaban J connectivity index is 3.02. The molecule has 1 amide bonds. The van der Waals surface area contributed by atoms with E-state index in [1.165, 1.54) is 13.0 Å². The van der Waals surface area contributed by atoms with Gasteiger partial charge in [-0.2, -0.15) is 0 Å². The van der Waals surface area contributed by atoms with Crippen LogP contribution < -0.4 is 5.32 Å². The second-order valence-corrected chi connectivity index (χ2v) is 13.3. The number of hydrogen-bond donors (Lipinski definition) is 1. The number of rotatable bonds is 10. The SMILES string of the molecule is C=C[C@@H](OC(C)=O)[C@H](O[Si](C)(C)C(C)(C)C)[C@H](C=O)NC(=O)OCc1ccccc1. The van der Waals surface area contributed by atoms with Gasteiger partial charge in [0, 0.05) is 6.92 Å². The molecule has 166 valence electrons. The zero-order valence-corrected chi connectivity index (χ0v) is 19.6. The molecule has 1 aromatic rings. The first-order valence-corrected chi connectivity index (χ1v) is 12.7. The number of carbonyl (C=O) groups is 3. The summed E-state index contributed by atoms with van der Waals surface area (Å²) in [6.07, 6.45) is -0.672. The number of amides is 1. The predicted octanol–water partition coefficient (Wildman–Crippen LogP) is 3.99. The molecule has 1 N–H and O–H groups in total. The predicted molar refractivity (Wildman–Crippen MR) is 117 cm³/mol. The van der Waals surface area contributed by atoms with Gasteiger partial charge >= 0.3 is 12.1 Å². The van der Waals surface area contributed by atoms with Crippen molar-refractivity contribution in [1.29, 1.82) is 0 Å². The number of esters is 1. The van der Waals surface area contributed by atoms with Gasteiger partial charge in [0.15, 0.2) is 8.32 Å². The van der Waals surface area contributed by atoms with Crippen molar-refractivity contribution in [2.45, 2.75) is 70.7 Å². The largest absolute Gasteiger partial charge is 0.455 e. The Labute approximate surface area is 179 Å². The van der Waals surface area contributed by atoms with Gasteiger partial charge in [-0.15, -0.1) is 0 Å². The highest BCUT2D eigenvalue weighted by atomic mass is 28.4. The van der Waals surface area contributed by atoms with Gasteiger partial charge in [-0.05, 0) is 29.8 Å². The summed E-state index contributed by atoms with van der Waals surface area (Å²) in [6, 6.07) is 8.08. The molecule has 7 nitrogen and oxygen atoms in total. The van der Waals surface area contributed by atoms with Crippen LogP contribution in [0.4, 0.5) is 4.79 Å². The number of nitrogens with one attached hydrogen (secondary N) is 1. The molecule has 1 aromatic carbocycles. The summed E-state index contributed by atoms with van der Waals surface area (Å²) >= 11 is 0. The summed E-state index contributed by atoms with van der Waals surface area (Å²) in [6.45, 7) is 15.2. The van der Waals surface area contributed by atoms with Crippen LogP contribution in [0.3, 0.4) is 0 Å². The Morgan fingerprint density at radius 1 is 1.20 bits per heavy atom. The molecule has 0 heterocycles. The first kappa shape index (κ1) is 25.6. The fourth-order valence-electron chi connectivity index (χ4n) is 2.40. The highest BCUT2D eigenvalue weighted by Crippen LogP contribution is 2.38. The molecule has 30 heavy (non-hydrogen) atoms. The van der Waals surface area contributed by atoms with Gasteiger partial charge in [0.1, 0.15) is 31.1 Å². The summed E-state index contributed by atoms with van der Waals surface area (Å²) in [5, 5.41) is 2.36. The van der Waals surface area contributed by atoms with E-state index in [1.54, 1.807) is 0 Å². The topological polar surface area (TPSA) is 90.9 Å². The summed E-state index contributed by atoms with van der Waals surface area (Å²) in [4.78, 5) is 35.8. The van der Waals surface area contributed by atoms with Gasteiger partial charge in [-0.3, -0.25) is 4.79 Å². The van der Waals surface area contributed by atoms with Crippen LogP contribution in [0.5, 0.6) is 0 Å². The van der Waals surface area contributed by atoms with Crippen molar-refractivity contribution >= 4 is 26.7 Å². The maximum atomic E-state index is 12.3. The molecule has 0 saturated heterocycles. The van der Waals surface area contributed by atoms with Crippen LogP contribution in [0.1, 0.15) is 33.3 Å². The van der Waals surface area contributed by atoms with Crippen molar-refractivity contribution < 1.29 is 28.3 Å². The molecule has 0 bridgehead atoms. The van der Waals surface area contributed by atoms with E-state index in [9.17, 15) is 14.4 Å². The Hall–Kier alpha value is -2.45. The third-order valence-electron chi connectivity index (χ3n) is 5.09. The van der Waals surface area contributed by atoms with Crippen molar-refractivity contribution in [3.8, 4) is 0 Å². The fourth-order valence-corrected chi connectivity index (χ4v) is 3.71. The van der Waals surface area contributed by atoms with Crippen LogP contribution in [0.2, 0.25) is 18.1 Å². The Kier molecular flexibility index (Phi) is 9.45. The molecular weight excluding hydrogens is 402 g/mol. The monoisotopic (exact) mass is 435 g/mol. The van der Waals surface area contributed by atoms with Crippen LogP contribution >= 0.6 is 0 Å². The van der Waals surface area contributed by atoms with E-state index in [0.29, 0.717) is 6.29 Å².